The number of anilines is 1. The average Bonchev–Trinajstić information content (AvgIpc) is 2.53. The van der Waals surface area contributed by atoms with E-state index in [0.29, 0.717) is 16.8 Å². The second kappa shape index (κ2) is 6.09. The van der Waals surface area contributed by atoms with Gasteiger partial charge in [0.05, 0.1) is 25.3 Å². The molecule has 0 fully saturated rings. The van der Waals surface area contributed by atoms with Crippen molar-refractivity contribution in [3.05, 3.63) is 53.6 Å². The lowest BCUT2D eigenvalue weighted by molar-refractivity contribution is 0.0592. The van der Waals surface area contributed by atoms with Gasteiger partial charge in [-0.25, -0.2) is 9.59 Å². The molecule has 2 aromatic carbocycles. The van der Waals surface area contributed by atoms with E-state index in [9.17, 15) is 9.59 Å². The molecule has 0 aliphatic heterocycles. The molecule has 0 bridgehead atoms. The summed E-state index contributed by atoms with van der Waals surface area (Å²) in [4.78, 5) is 23.0. The Morgan fingerprint density at radius 3 is 2.19 bits per heavy atom. The van der Waals surface area contributed by atoms with E-state index in [-0.39, 0.29) is 0 Å². The van der Waals surface area contributed by atoms with E-state index >= 15 is 0 Å². The Morgan fingerprint density at radius 1 is 0.905 bits per heavy atom. The molecule has 0 amide bonds. The molecule has 0 radical (unpaired) electrons. The summed E-state index contributed by atoms with van der Waals surface area (Å²) in [6.45, 7) is 0. The molecule has 0 atom stereocenters. The molecule has 21 heavy (non-hydrogen) atoms. The summed E-state index contributed by atoms with van der Waals surface area (Å²) >= 11 is 0. The van der Waals surface area contributed by atoms with Gasteiger partial charge in [0.15, 0.2) is 0 Å². The molecular formula is C16H15NO4. The highest BCUT2D eigenvalue weighted by molar-refractivity contribution is 5.96. The first-order valence-electron chi connectivity index (χ1n) is 6.23. The number of benzene rings is 2. The van der Waals surface area contributed by atoms with E-state index in [1.165, 1.54) is 14.2 Å². The number of esters is 2. The van der Waals surface area contributed by atoms with E-state index in [1.54, 1.807) is 36.4 Å². The fourth-order valence-corrected chi connectivity index (χ4v) is 1.98. The highest BCUT2D eigenvalue weighted by Crippen LogP contribution is 2.25. The zero-order valence-corrected chi connectivity index (χ0v) is 11.8. The predicted octanol–water partition coefficient (Wildman–Crippen LogP) is 2.51. The first-order chi connectivity index (χ1) is 10.1. The SMILES string of the molecule is COC(=O)c1cccc(-c2ccc(C(=O)OC)c(N)c2)c1. The highest BCUT2D eigenvalue weighted by atomic mass is 16.5. The third-order valence-electron chi connectivity index (χ3n) is 3.07. The molecule has 2 aromatic rings. The van der Waals surface area contributed by atoms with Crippen LogP contribution in [0, 0.1) is 0 Å². The van der Waals surface area contributed by atoms with Crippen molar-refractivity contribution in [2.24, 2.45) is 0 Å². The fourth-order valence-electron chi connectivity index (χ4n) is 1.98. The van der Waals surface area contributed by atoms with Crippen molar-refractivity contribution in [3.8, 4) is 11.1 Å². The standard InChI is InChI=1S/C16H15NO4/c1-20-15(18)12-5-3-4-10(8-12)11-6-7-13(14(17)9-11)16(19)21-2/h3-9H,17H2,1-2H3. The molecule has 5 heteroatoms. The zero-order chi connectivity index (χ0) is 15.4. The molecule has 0 unspecified atom stereocenters. The Kier molecular flexibility index (Phi) is 4.23. The Bertz CT molecular complexity index is 694. The van der Waals surface area contributed by atoms with Gasteiger partial charge in [0.2, 0.25) is 0 Å². The lowest BCUT2D eigenvalue weighted by Crippen LogP contribution is -2.05. The third kappa shape index (κ3) is 3.02. The quantitative estimate of drug-likeness (QED) is 0.692. The van der Waals surface area contributed by atoms with Gasteiger partial charge in [0.1, 0.15) is 0 Å². The summed E-state index contributed by atoms with van der Waals surface area (Å²) in [7, 11) is 2.63. The summed E-state index contributed by atoms with van der Waals surface area (Å²) < 4.78 is 9.34. The molecule has 2 N–H and O–H groups in total. The summed E-state index contributed by atoms with van der Waals surface area (Å²) in [6, 6.07) is 12.0. The molecule has 0 heterocycles. The van der Waals surface area contributed by atoms with Gasteiger partial charge in [-0.05, 0) is 35.4 Å². The van der Waals surface area contributed by atoms with Gasteiger partial charge in [0, 0.05) is 5.69 Å². The van der Waals surface area contributed by atoms with Crippen LogP contribution in [0.2, 0.25) is 0 Å². The van der Waals surface area contributed by atoms with Gasteiger partial charge in [-0.1, -0.05) is 18.2 Å². The number of rotatable bonds is 3. The van der Waals surface area contributed by atoms with E-state index in [0.717, 1.165) is 11.1 Å². The van der Waals surface area contributed by atoms with Gasteiger partial charge in [-0.3, -0.25) is 0 Å². The van der Waals surface area contributed by atoms with Crippen molar-refractivity contribution in [2.45, 2.75) is 0 Å². The Hall–Kier alpha value is -2.82. The fraction of sp³-hybridized carbons (Fsp3) is 0.125. The van der Waals surface area contributed by atoms with Crippen molar-refractivity contribution >= 4 is 17.6 Å². The van der Waals surface area contributed by atoms with Crippen LogP contribution in [0.1, 0.15) is 20.7 Å². The maximum absolute atomic E-state index is 11.5. The first kappa shape index (κ1) is 14.6. The Labute approximate surface area is 122 Å². The van der Waals surface area contributed by atoms with Gasteiger partial charge in [-0.2, -0.15) is 0 Å². The summed E-state index contributed by atoms with van der Waals surface area (Å²) in [5, 5.41) is 0. The van der Waals surface area contributed by atoms with Crippen molar-refractivity contribution in [2.75, 3.05) is 20.0 Å². The molecule has 2 rings (SSSR count). The normalized spacial score (nSPS) is 10.0. The molecule has 0 saturated carbocycles. The zero-order valence-electron chi connectivity index (χ0n) is 11.8. The molecule has 0 spiro atoms. The minimum absolute atomic E-state index is 0.311. The van der Waals surface area contributed by atoms with Crippen LogP contribution in [-0.2, 0) is 9.47 Å². The second-order valence-corrected chi connectivity index (χ2v) is 4.37. The van der Waals surface area contributed by atoms with Crippen molar-refractivity contribution in [1.82, 2.24) is 0 Å². The topological polar surface area (TPSA) is 78.6 Å². The van der Waals surface area contributed by atoms with Crippen LogP contribution < -0.4 is 5.73 Å². The van der Waals surface area contributed by atoms with Crippen molar-refractivity contribution < 1.29 is 19.1 Å². The number of methoxy groups -OCH3 is 2. The van der Waals surface area contributed by atoms with Gasteiger partial charge < -0.3 is 15.2 Å². The van der Waals surface area contributed by atoms with Crippen molar-refractivity contribution in [1.29, 1.82) is 0 Å². The van der Waals surface area contributed by atoms with Crippen LogP contribution in [0.25, 0.3) is 11.1 Å². The van der Waals surface area contributed by atoms with Gasteiger partial charge in [0.25, 0.3) is 0 Å². The van der Waals surface area contributed by atoms with Gasteiger partial charge in [-0.15, -0.1) is 0 Å². The van der Waals surface area contributed by atoms with E-state index < -0.39 is 11.9 Å². The molecule has 0 aliphatic carbocycles. The first-order valence-corrected chi connectivity index (χ1v) is 6.23. The number of carbonyl (C=O) groups excluding carboxylic acids is 2. The number of nitrogens with two attached hydrogens (primary N) is 1. The van der Waals surface area contributed by atoms with E-state index in [1.807, 2.05) is 6.07 Å². The van der Waals surface area contributed by atoms with Crippen LogP contribution in [0.4, 0.5) is 5.69 Å². The van der Waals surface area contributed by atoms with Crippen LogP contribution in [-0.4, -0.2) is 26.2 Å². The lowest BCUT2D eigenvalue weighted by atomic mass is 10.0. The van der Waals surface area contributed by atoms with Crippen LogP contribution in [0.5, 0.6) is 0 Å². The minimum Gasteiger partial charge on any atom is -0.465 e. The van der Waals surface area contributed by atoms with Crippen LogP contribution in [0.3, 0.4) is 0 Å². The highest BCUT2D eigenvalue weighted by Gasteiger charge is 2.12. The molecule has 0 saturated heterocycles. The van der Waals surface area contributed by atoms with E-state index in [2.05, 4.69) is 4.74 Å². The second-order valence-electron chi connectivity index (χ2n) is 4.37. The van der Waals surface area contributed by atoms with Crippen LogP contribution >= 0.6 is 0 Å². The van der Waals surface area contributed by atoms with E-state index in [4.69, 9.17) is 10.5 Å². The average molecular weight is 285 g/mol. The maximum Gasteiger partial charge on any atom is 0.339 e. The van der Waals surface area contributed by atoms with Crippen molar-refractivity contribution in [3.63, 3.8) is 0 Å². The number of nitrogen functional groups attached to an aromatic ring is 1. The largest absolute Gasteiger partial charge is 0.465 e. The van der Waals surface area contributed by atoms with Gasteiger partial charge >= 0.3 is 11.9 Å². The minimum atomic E-state index is -0.484. The Balaban J connectivity index is 2.41. The predicted molar refractivity (Wildman–Crippen MR) is 79.0 cm³/mol. The summed E-state index contributed by atoms with van der Waals surface area (Å²) in [6.07, 6.45) is 0. The van der Waals surface area contributed by atoms with Crippen LogP contribution in [0.15, 0.2) is 42.5 Å². The number of ether oxygens (including phenoxy) is 2. The number of hydrogen-bond donors (Lipinski definition) is 1. The summed E-state index contributed by atoms with van der Waals surface area (Å²) in [5.74, 6) is -0.890. The maximum atomic E-state index is 11.5. The smallest absolute Gasteiger partial charge is 0.339 e. The Morgan fingerprint density at radius 2 is 1.57 bits per heavy atom. The number of hydrogen-bond acceptors (Lipinski definition) is 5. The molecular weight excluding hydrogens is 270 g/mol. The molecule has 0 aromatic heterocycles. The third-order valence-corrected chi connectivity index (χ3v) is 3.07. The molecule has 0 aliphatic rings. The lowest BCUT2D eigenvalue weighted by Gasteiger charge is -2.08. The number of carbonyl (C=O) groups is 2. The molecule has 5 nitrogen and oxygen atoms in total. The molecule has 108 valence electrons. The monoisotopic (exact) mass is 285 g/mol. The summed E-state index contributed by atoms with van der Waals surface area (Å²) in [5.41, 5.74) is 8.55.